The van der Waals surface area contributed by atoms with Crippen molar-refractivity contribution in [1.82, 2.24) is 9.97 Å². The van der Waals surface area contributed by atoms with Crippen molar-refractivity contribution in [3.8, 4) is 0 Å². The molecule has 5 nitrogen and oxygen atoms in total. The molecule has 1 aromatic heterocycles. The first kappa shape index (κ1) is 11.1. The quantitative estimate of drug-likeness (QED) is 0.822. The molecule has 0 bridgehead atoms. The Morgan fingerprint density at radius 1 is 1.62 bits per heavy atom. The van der Waals surface area contributed by atoms with Crippen molar-refractivity contribution in [3.63, 3.8) is 0 Å². The van der Waals surface area contributed by atoms with Crippen LogP contribution in [0.3, 0.4) is 0 Å². The minimum atomic E-state index is -0.124. The molecule has 1 saturated heterocycles. The van der Waals surface area contributed by atoms with Crippen LogP contribution in [0, 0.1) is 0 Å². The van der Waals surface area contributed by atoms with Crippen LogP contribution < -0.4 is 10.5 Å². The molecule has 0 radical (unpaired) electrons. The van der Waals surface area contributed by atoms with Crippen LogP contribution in [0.15, 0.2) is 17.2 Å². The van der Waals surface area contributed by atoms with Crippen molar-refractivity contribution in [1.29, 1.82) is 0 Å². The molecular formula is C11H17N3O2. The molecule has 1 fully saturated rings. The summed E-state index contributed by atoms with van der Waals surface area (Å²) in [7, 11) is 1.93. The molecule has 0 spiro atoms. The second-order valence-corrected chi connectivity index (χ2v) is 4.14. The Labute approximate surface area is 94.5 Å². The van der Waals surface area contributed by atoms with Crippen molar-refractivity contribution < 1.29 is 4.74 Å². The molecule has 2 rings (SSSR count). The zero-order chi connectivity index (χ0) is 11.4. The molecule has 88 valence electrons. The Morgan fingerprint density at radius 2 is 2.50 bits per heavy atom. The Bertz CT molecular complexity index is 385. The van der Waals surface area contributed by atoms with Crippen LogP contribution in [-0.4, -0.2) is 36.3 Å². The van der Waals surface area contributed by atoms with Gasteiger partial charge in [0.05, 0.1) is 12.4 Å². The van der Waals surface area contributed by atoms with E-state index in [1.54, 1.807) is 0 Å². The lowest BCUT2D eigenvalue weighted by Crippen LogP contribution is -2.34. The molecule has 1 N–H and O–H groups in total. The summed E-state index contributed by atoms with van der Waals surface area (Å²) in [5.74, 6) is 0.693. The number of H-pyrrole nitrogens is 1. The van der Waals surface area contributed by atoms with Crippen LogP contribution in [0.25, 0.3) is 0 Å². The SMILES string of the molecule is CN(CC1CCCCO1)c1cc(=O)[nH]cn1. The number of hydrogen-bond donors (Lipinski definition) is 1. The first-order valence-electron chi connectivity index (χ1n) is 5.63. The third-order valence-corrected chi connectivity index (χ3v) is 2.81. The highest BCUT2D eigenvalue weighted by atomic mass is 16.5. The Balaban J connectivity index is 1.96. The van der Waals surface area contributed by atoms with Crippen LogP contribution in [0.5, 0.6) is 0 Å². The van der Waals surface area contributed by atoms with E-state index < -0.39 is 0 Å². The summed E-state index contributed by atoms with van der Waals surface area (Å²) in [4.78, 5) is 19.7. The Morgan fingerprint density at radius 3 is 3.19 bits per heavy atom. The lowest BCUT2D eigenvalue weighted by molar-refractivity contribution is 0.0215. The fourth-order valence-electron chi connectivity index (χ4n) is 1.92. The van der Waals surface area contributed by atoms with Gasteiger partial charge in [-0.1, -0.05) is 0 Å². The fourth-order valence-corrected chi connectivity index (χ4v) is 1.92. The number of rotatable bonds is 3. The summed E-state index contributed by atoms with van der Waals surface area (Å²) in [6.07, 6.45) is 5.16. The normalized spacial score (nSPS) is 20.7. The molecule has 1 unspecified atom stereocenters. The molecular weight excluding hydrogens is 206 g/mol. The van der Waals surface area contributed by atoms with Gasteiger partial charge in [0.15, 0.2) is 0 Å². The summed E-state index contributed by atoms with van der Waals surface area (Å²) >= 11 is 0. The highest BCUT2D eigenvalue weighted by Crippen LogP contribution is 2.15. The molecule has 1 atom stereocenters. The van der Waals surface area contributed by atoms with Gasteiger partial charge in [-0.05, 0) is 19.3 Å². The van der Waals surface area contributed by atoms with Gasteiger partial charge in [0.25, 0.3) is 5.56 Å². The zero-order valence-corrected chi connectivity index (χ0v) is 9.48. The van der Waals surface area contributed by atoms with Crippen LogP contribution in [0.2, 0.25) is 0 Å². The van der Waals surface area contributed by atoms with Gasteiger partial charge >= 0.3 is 0 Å². The molecule has 16 heavy (non-hydrogen) atoms. The second kappa shape index (κ2) is 5.12. The molecule has 1 aromatic rings. The highest BCUT2D eigenvalue weighted by Gasteiger charge is 2.16. The predicted octanol–water partition coefficient (Wildman–Crippen LogP) is 0.775. The van der Waals surface area contributed by atoms with Crippen molar-refractivity contribution in [2.24, 2.45) is 0 Å². The van der Waals surface area contributed by atoms with Crippen molar-refractivity contribution in [2.45, 2.75) is 25.4 Å². The van der Waals surface area contributed by atoms with Gasteiger partial charge in [-0.15, -0.1) is 0 Å². The van der Waals surface area contributed by atoms with Crippen LogP contribution in [-0.2, 0) is 4.74 Å². The summed E-state index contributed by atoms with van der Waals surface area (Å²) in [5, 5.41) is 0. The van der Waals surface area contributed by atoms with Crippen LogP contribution in [0.1, 0.15) is 19.3 Å². The third-order valence-electron chi connectivity index (χ3n) is 2.81. The van der Waals surface area contributed by atoms with E-state index in [0.29, 0.717) is 5.82 Å². The molecule has 0 saturated carbocycles. The van der Waals surface area contributed by atoms with Crippen molar-refractivity contribution in [3.05, 3.63) is 22.7 Å². The van der Waals surface area contributed by atoms with Crippen molar-refractivity contribution >= 4 is 5.82 Å². The standard InChI is InChI=1S/C11H17N3O2/c1-14(7-9-4-2-3-5-16-9)10-6-11(15)13-8-12-10/h6,8-9H,2-5,7H2,1H3,(H,12,13,15). The second-order valence-electron chi connectivity index (χ2n) is 4.14. The molecule has 5 heteroatoms. The number of aromatic nitrogens is 2. The van der Waals surface area contributed by atoms with Gasteiger partial charge in [0.2, 0.25) is 0 Å². The van der Waals surface area contributed by atoms with Crippen LogP contribution >= 0.6 is 0 Å². The minimum absolute atomic E-state index is 0.124. The van der Waals surface area contributed by atoms with E-state index in [-0.39, 0.29) is 11.7 Å². The highest BCUT2D eigenvalue weighted by molar-refractivity contribution is 5.35. The average Bonchev–Trinajstić information content (AvgIpc) is 2.30. The number of likely N-dealkylation sites (N-methyl/N-ethyl adjacent to an activating group) is 1. The molecule has 0 aliphatic carbocycles. The van der Waals surface area contributed by atoms with Gasteiger partial charge in [0.1, 0.15) is 5.82 Å². The van der Waals surface area contributed by atoms with E-state index in [1.165, 1.54) is 18.8 Å². The molecule has 0 amide bonds. The van der Waals surface area contributed by atoms with E-state index in [2.05, 4.69) is 9.97 Å². The number of hydrogen-bond acceptors (Lipinski definition) is 4. The molecule has 1 aliphatic heterocycles. The molecule has 0 aromatic carbocycles. The topological polar surface area (TPSA) is 58.2 Å². The van der Waals surface area contributed by atoms with Crippen molar-refractivity contribution in [2.75, 3.05) is 25.1 Å². The lowest BCUT2D eigenvalue weighted by Gasteiger charge is -2.27. The number of ether oxygens (including phenoxy) is 1. The van der Waals surface area contributed by atoms with E-state index in [1.807, 2.05) is 11.9 Å². The monoisotopic (exact) mass is 223 g/mol. The maximum absolute atomic E-state index is 11.1. The van der Waals surface area contributed by atoms with Crippen LogP contribution in [0.4, 0.5) is 5.82 Å². The predicted molar refractivity (Wildman–Crippen MR) is 61.7 cm³/mol. The molecule has 2 heterocycles. The minimum Gasteiger partial charge on any atom is -0.376 e. The van der Waals surface area contributed by atoms with E-state index in [9.17, 15) is 4.79 Å². The third kappa shape index (κ3) is 2.82. The zero-order valence-electron chi connectivity index (χ0n) is 9.48. The van der Waals surface area contributed by atoms with Gasteiger partial charge in [-0.3, -0.25) is 4.79 Å². The fraction of sp³-hybridized carbons (Fsp3) is 0.636. The van der Waals surface area contributed by atoms with E-state index >= 15 is 0 Å². The van der Waals surface area contributed by atoms with E-state index in [0.717, 1.165) is 26.0 Å². The summed E-state index contributed by atoms with van der Waals surface area (Å²) in [6, 6.07) is 1.50. The molecule has 1 aliphatic rings. The van der Waals surface area contributed by atoms with Gasteiger partial charge < -0.3 is 14.6 Å². The number of anilines is 1. The number of nitrogens with one attached hydrogen (secondary N) is 1. The van der Waals surface area contributed by atoms with Gasteiger partial charge in [-0.2, -0.15) is 0 Å². The van der Waals surface area contributed by atoms with E-state index in [4.69, 9.17) is 4.74 Å². The lowest BCUT2D eigenvalue weighted by atomic mass is 10.1. The van der Waals surface area contributed by atoms with Gasteiger partial charge in [-0.25, -0.2) is 4.98 Å². The Kier molecular flexibility index (Phi) is 3.56. The maximum atomic E-state index is 11.1. The van der Waals surface area contributed by atoms with Gasteiger partial charge in [0, 0.05) is 26.3 Å². The number of nitrogens with zero attached hydrogens (tertiary/aromatic N) is 2. The average molecular weight is 223 g/mol. The number of aromatic amines is 1. The largest absolute Gasteiger partial charge is 0.376 e. The summed E-state index contributed by atoms with van der Waals surface area (Å²) in [6.45, 7) is 1.64. The first-order chi connectivity index (χ1) is 7.75. The first-order valence-corrected chi connectivity index (χ1v) is 5.63. The smallest absolute Gasteiger partial charge is 0.252 e. The Hall–Kier alpha value is -1.36. The maximum Gasteiger partial charge on any atom is 0.252 e. The summed E-state index contributed by atoms with van der Waals surface area (Å²) in [5.41, 5.74) is -0.124. The summed E-state index contributed by atoms with van der Waals surface area (Å²) < 4.78 is 5.64.